The molecule has 0 atom stereocenters. The van der Waals surface area contributed by atoms with Crippen LogP contribution in [-0.2, 0) is 4.79 Å². The Balaban J connectivity index is 2.64. The summed E-state index contributed by atoms with van der Waals surface area (Å²) in [5.74, 6) is 0. The average molecular weight is 107 g/mol. The van der Waals surface area contributed by atoms with Gasteiger partial charge in [0.25, 0.3) is 0 Å². The van der Waals surface area contributed by atoms with Crippen LogP contribution >= 0.6 is 0 Å². The Hall–Kier alpha value is -0.850. The first-order chi connectivity index (χ1) is 3.93. The molecule has 0 bridgehead atoms. The molecule has 0 saturated carbocycles. The lowest BCUT2D eigenvalue weighted by molar-refractivity contribution is 0.562. The van der Waals surface area contributed by atoms with Crippen LogP contribution in [0.15, 0.2) is 23.8 Å². The van der Waals surface area contributed by atoms with Gasteiger partial charge in [-0.1, -0.05) is 18.2 Å². The van der Waals surface area contributed by atoms with Crippen LogP contribution in [0.1, 0.15) is 12.8 Å². The zero-order chi connectivity index (χ0) is 5.82. The van der Waals surface area contributed by atoms with Crippen LogP contribution < -0.4 is 0 Å². The second-order valence-corrected chi connectivity index (χ2v) is 1.74. The molecule has 1 radical (unpaired) electrons. The van der Waals surface area contributed by atoms with Crippen molar-refractivity contribution in [3.63, 3.8) is 0 Å². The molecule has 1 rings (SSSR count). The van der Waals surface area contributed by atoms with Crippen LogP contribution in [0.4, 0.5) is 0 Å². The Morgan fingerprint density at radius 1 is 1.50 bits per heavy atom. The lowest BCUT2D eigenvalue weighted by Gasteiger charge is -1.95. The third-order valence-electron chi connectivity index (χ3n) is 1.11. The van der Waals surface area contributed by atoms with E-state index in [1.807, 2.05) is 18.4 Å². The fraction of sp³-hybridized carbons (Fsp3) is 0.286. The topological polar surface area (TPSA) is 17.1 Å². The van der Waals surface area contributed by atoms with Crippen molar-refractivity contribution in [2.24, 2.45) is 0 Å². The van der Waals surface area contributed by atoms with Gasteiger partial charge in [-0.2, -0.15) is 0 Å². The standard InChI is InChI=1S/C7H7O/c8-6-7-4-2-1-3-5-7/h2,4-5H,1,3H2. The van der Waals surface area contributed by atoms with Crippen molar-refractivity contribution < 1.29 is 4.79 Å². The molecule has 0 aliphatic heterocycles. The summed E-state index contributed by atoms with van der Waals surface area (Å²) < 4.78 is 0. The molecule has 0 saturated heterocycles. The van der Waals surface area contributed by atoms with E-state index in [1.54, 1.807) is 6.08 Å². The second-order valence-electron chi connectivity index (χ2n) is 1.74. The highest BCUT2D eigenvalue weighted by Gasteiger charge is 1.92. The van der Waals surface area contributed by atoms with E-state index in [0.29, 0.717) is 5.57 Å². The van der Waals surface area contributed by atoms with Crippen molar-refractivity contribution in [2.75, 3.05) is 0 Å². The third-order valence-corrected chi connectivity index (χ3v) is 1.11. The zero-order valence-electron chi connectivity index (χ0n) is 4.55. The van der Waals surface area contributed by atoms with Crippen LogP contribution in [0, 0.1) is 0 Å². The molecule has 41 valence electrons. The van der Waals surface area contributed by atoms with Crippen LogP contribution in [0.5, 0.6) is 0 Å². The van der Waals surface area contributed by atoms with Gasteiger partial charge >= 0.3 is 0 Å². The van der Waals surface area contributed by atoms with Crippen LogP contribution in [0.2, 0.25) is 0 Å². The fourth-order valence-electron chi connectivity index (χ4n) is 0.689. The maximum absolute atomic E-state index is 9.92. The van der Waals surface area contributed by atoms with Crippen molar-refractivity contribution in [1.82, 2.24) is 0 Å². The third kappa shape index (κ3) is 1.06. The predicted molar refractivity (Wildman–Crippen MR) is 32.2 cm³/mol. The Kier molecular flexibility index (Phi) is 1.62. The summed E-state index contributed by atoms with van der Waals surface area (Å²) in [7, 11) is 0. The van der Waals surface area contributed by atoms with Crippen molar-refractivity contribution in [1.29, 1.82) is 0 Å². The highest BCUT2D eigenvalue weighted by atomic mass is 16.1. The lowest BCUT2D eigenvalue weighted by Crippen LogP contribution is -1.83. The van der Waals surface area contributed by atoms with Gasteiger partial charge < -0.3 is 0 Å². The summed E-state index contributed by atoms with van der Waals surface area (Å²) in [6.07, 6.45) is 9.56. The minimum absolute atomic E-state index is 0.691. The molecule has 0 aromatic heterocycles. The highest BCUT2D eigenvalue weighted by molar-refractivity contribution is 5.78. The minimum Gasteiger partial charge on any atom is -0.285 e. The van der Waals surface area contributed by atoms with Gasteiger partial charge in [0.1, 0.15) is 0 Å². The average Bonchev–Trinajstić information content (AvgIpc) is 1.90. The molecule has 1 nitrogen and oxygen atoms in total. The summed E-state index contributed by atoms with van der Waals surface area (Å²) in [6, 6.07) is 0. The quantitative estimate of drug-likeness (QED) is 0.494. The summed E-state index contributed by atoms with van der Waals surface area (Å²) >= 11 is 0. The minimum atomic E-state index is 0.691. The van der Waals surface area contributed by atoms with E-state index in [2.05, 4.69) is 0 Å². The van der Waals surface area contributed by atoms with E-state index in [4.69, 9.17) is 0 Å². The maximum atomic E-state index is 9.92. The van der Waals surface area contributed by atoms with Crippen LogP contribution in [0.3, 0.4) is 0 Å². The van der Waals surface area contributed by atoms with Crippen molar-refractivity contribution in [3.8, 4) is 0 Å². The van der Waals surface area contributed by atoms with Gasteiger partial charge in [0.2, 0.25) is 6.29 Å². The van der Waals surface area contributed by atoms with Gasteiger partial charge in [-0.25, -0.2) is 0 Å². The van der Waals surface area contributed by atoms with Crippen molar-refractivity contribution in [3.05, 3.63) is 23.8 Å². The summed E-state index contributed by atoms with van der Waals surface area (Å²) in [4.78, 5) is 9.92. The van der Waals surface area contributed by atoms with Gasteiger partial charge in [-0.3, -0.25) is 4.79 Å². The lowest BCUT2D eigenvalue weighted by atomic mass is 10.1. The van der Waals surface area contributed by atoms with Gasteiger partial charge in [0.15, 0.2) is 0 Å². The second kappa shape index (κ2) is 2.46. The molecule has 0 spiro atoms. The Morgan fingerprint density at radius 3 is 2.75 bits per heavy atom. The number of allylic oxidation sites excluding steroid dienone is 4. The fourth-order valence-corrected chi connectivity index (χ4v) is 0.689. The Bertz CT molecular complexity index is 142. The largest absolute Gasteiger partial charge is 0.285 e. The van der Waals surface area contributed by atoms with Crippen molar-refractivity contribution >= 4 is 6.29 Å². The molecule has 0 aromatic carbocycles. The van der Waals surface area contributed by atoms with Crippen molar-refractivity contribution in [2.45, 2.75) is 12.8 Å². The van der Waals surface area contributed by atoms with Gasteiger partial charge in [0, 0.05) is 5.57 Å². The van der Waals surface area contributed by atoms with E-state index < -0.39 is 0 Å². The van der Waals surface area contributed by atoms with Gasteiger partial charge in [0.05, 0.1) is 0 Å². The molecule has 8 heavy (non-hydrogen) atoms. The molecular formula is C7H7O. The summed E-state index contributed by atoms with van der Waals surface area (Å²) in [5, 5.41) is 0. The van der Waals surface area contributed by atoms with E-state index >= 15 is 0 Å². The Morgan fingerprint density at radius 2 is 2.38 bits per heavy atom. The number of hydrogen-bond acceptors (Lipinski definition) is 1. The van der Waals surface area contributed by atoms with Gasteiger partial charge in [-0.15, -0.1) is 0 Å². The summed E-state index contributed by atoms with van der Waals surface area (Å²) in [6.45, 7) is 0. The highest BCUT2D eigenvalue weighted by Crippen LogP contribution is 2.05. The smallest absolute Gasteiger partial charge is 0.233 e. The molecule has 1 aliphatic rings. The maximum Gasteiger partial charge on any atom is 0.233 e. The molecule has 0 heterocycles. The molecular weight excluding hydrogens is 100 g/mol. The van der Waals surface area contributed by atoms with E-state index in [1.165, 1.54) is 0 Å². The molecule has 1 aliphatic carbocycles. The Labute approximate surface area is 48.7 Å². The van der Waals surface area contributed by atoms with E-state index in [-0.39, 0.29) is 0 Å². The first kappa shape index (κ1) is 5.29. The molecule has 1 heteroatoms. The molecule has 0 N–H and O–H groups in total. The van der Waals surface area contributed by atoms with Gasteiger partial charge in [-0.05, 0) is 12.8 Å². The number of carbonyl (C=O) groups excluding carboxylic acids is 1. The molecule has 0 aromatic rings. The zero-order valence-corrected chi connectivity index (χ0v) is 4.55. The SMILES string of the molecule is O=[C]C1=CCCC=C1. The van der Waals surface area contributed by atoms with E-state index in [0.717, 1.165) is 12.8 Å². The van der Waals surface area contributed by atoms with Crippen LogP contribution in [0.25, 0.3) is 0 Å². The predicted octanol–water partition coefficient (Wildman–Crippen LogP) is 1.37. The first-order valence-corrected chi connectivity index (χ1v) is 2.68. The summed E-state index contributed by atoms with van der Waals surface area (Å²) in [5.41, 5.74) is 0.691. The molecule has 0 amide bonds. The normalized spacial score (nSPS) is 17.8. The van der Waals surface area contributed by atoms with E-state index in [9.17, 15) is 4.79 Å². The molecule has 0 unspecified atom stereocenters. The number of rotatable bonds is 1. The number of hydrogen-bond donors (Lipinski definition) is 0. The first-order valence-electron chi connectivity index (χ1n) is 2.68. The monoisotopic (exact) mass is 107 g/mol. The van der Waals surface area contributed by atoms with Crippen LogP contribution in [-0.4, -0.2) is 6.29 Å². The molecule has 0 fully saturated rings.